The van der Waals surface area contributed by atoms with E-state index in [4.69, 9.17) is 4.74 Å². The second-order valence-electron chi connectivity index (χ2n) is 4.40. The van der Waals surface area contributed by atoms with Gasteiger partial charge in [0.2, 0.25) is 0 Å². The average molecular weight is 258 g/mol. The molecule has 100 valence electrons. The van der Waals surface area contributed by atoms with Crippen molar-refractivity contribution in [3.63, 3.8) is 0 Å². The lowest BCUT2D eigenvalue weighted by Crippen LogP contribution is -2.12. The van der Waals surface area contributed by atoms with Gasteiger partial charge in [-0.3, -0.25) is 9.48 Å². The van der Waals surface area contributed by atoms with Crippen LogP contribution in [-0.2, 0) is 13.0 Å². The fourth-order valence-electron chi connectivity index (χ4n) is 2.12. The molecule has 19 heavy (non-hydrogen) atoms. The molecule has 4 heteroatoms. The molecule has 0 saturated carbocycles. The van der Waals surface area contributed by atoms with E-state index in [2.05, 4.69) is 5.10 Å². The molecule has 1 aromatic heterocycles. The van der Waals surface area contributed by atoms with Crippen LogP contribution in [0, 0.1) is 6.92 Å². The van der Waals surface area contributed by atoms with Gasteiger partial charge in [-0.1, -0.05) is 18.2 Å². The first kappa shape index (κ1) is 13.3. The maximum absolute atomic E-state index is 12.4. The predicted octanol–water partition coefficient (Wildman–Crippen LogP) is 2.65. The molecule has 0 unspecified atom stereocenters. The van der Waals surface area contributed by atoms with E-state index in [1.54, 1.807) is 11.8 Å². The zero-order chi connectivity index (χ0) is 13.8. The van der Waals surface area contributed by atoms with Gasteiger partial charge in [0.05, 0.1) is 12.8 Å². The number of rotatable bonds is 5. The van der Waals surface area contributed by atoms with Crippen LogP contribution in [0.3, 0.4) is 0 Å². The van der Waals surface area contributed by atoms with Gasteiger partial charge in [0.15, 0.2) is 5.78 Å². The minimum Gasteiger partial charge on any atom is -0.496 e. The number of Topliss-reactive ketones (excluding diaryl/α,β-unsaturated/α-hetero) is 1. The highest BCUT2D eigenvalue weighted by molar-refractivity contribution is 5.96. The smallest absolute Gasteiger partial charge is 0.185 e. The van der Waals surface area contributed by atoms with Crippen LogP contribution in [0.1, 0.15) is 28.7 Å². The fourth-order valence-corrected chi connectivity index (χ4v) is 2.12. The number of ether oxygens (including phenoxy) is 1. The summed E-state index contributed by atoms with van der Waals surface area (Å²) in [4.78, 5) is 12.4. The van der Waals surface area contributed by atoms with E-state index < -0.39 is 0 Å². The summed E-state index contributed by atoms with van der Waals surface area (Å²) in [6, 6.07) is 9.42. The Morgan fingerprint density at radius 3 is 2.79 bits per heavy atom. The number of carbonyl (C=O) groups excluding carboxylic acids is 1. The SMILES string of the molecule is CCn1nc(C)cc1C(=O)Cc1ccccc1OC. The highest BCUT2D eigenvalue weighted by Gasteiger charge is 2.15. The van der Waals surface area contributed by atoms with E-state index in [0.717, 1.165) is 17.0 Å². The second-order valence-corrected chi connectivity index (χ2v) is 4.40. The van der Waals surface area contributed by atoms with Gasteiger partial charge in [0, 0.05) is 18.5 Å². The quantitative estimate of drug-likeness (QED) is 0.774. The summed E-state index contributed by atoms with van der Waals surface area (Å²) in [7, 11) is 1.61. The number of aryl methyl sites for hydroxylation is 2. The Bertz CT molecular complexity index is 588. The summed E-state index contributed by atoms with van der Waals surface area (Å²) >= 11 is 0. The van der Waals surface area contributed by atoms with Crippen LogP contribution < -0.4 is 4.74 Å². The first-order valence-electron chi connectivity index (χ1n) is 6.35. The normalized spacial score (nSPS) is 10.5. The van der Waals surface area contributed by atoms with Crippen LogP contribution in [0.4, 0.5) is 0 Å². The molecule has 4 nitrogen and oxygen atoms in total. The molecule has 1 heterocycles. The lowest BCUT2D eigenvalue weighted by atomic mass is 10.1. The zero-order valence-corrected chi connectivity index (χ0v) is 11.5. The average Bonchev–Trinajstić information content (AvgIpc) is 2.80. The Hall–Kier alpha value is -2.10. The lowest BCUT2D eigenvalue weighted by Gasteiger charge is -2.08. The van der Waals surface area contributed by atoms with E-state index in [1.165, 1.54) is 0 Å². The van der Waals surface area contributed by atoms with Crippen LogP contribution in [0.25, 0.3) is 0 Å². The monoisotopic (exact) mass is 258 g/mol. The molecule has 2 rings (SSSR count). The van der Waals surface area contributed by atoms with Crippen molar-refractivity contribution in [2.75, 3.05) is 7.11 Å². The highest BCUT2D eigenvalue weighted by atomic mass is 16.5. The number of nitrogens with zero attached hydrogens (tertiary/aromatic N) is 2. The Labute approximate surface area is 113 Å². The van der Waals surface area contributed by atoms with Crippen molar-refractivity contribution in [1.82, 2.24) is 9.78 Å². The minimum atomic E-state index is 0.0620. The number of para-hydroxylation sites is 1. The molecular weight excluding hydrogens is 240 g/mol. The molecule has 0 radical (unpaired) electrons. The molecule has 0 saturated heterocycles. The van der Waals surface area contributed by atoms with Crippen LogP contribution in [0.5, 0.6) is 5.75 Å². The van der Waals surface area contributed by atoms with Crippen molar-refractivity contribution in [3.8, 4) is 5.75 Å². The topological polar surface area (TPSA) is 44.1 Å². The number of benzene rings is 1. The van der Waals surface area contributed by atoms with E-state index in [0.29, 0.717) is 18.7 Å². The van der Waals surface area contributed by atoms with Crippen LogP contribution in [0.15, 0.2) is 30.3 Å². The number of aromatic nitrogens is 2. The standard InChI is InChI=1S/C15H18N2O2/c1-4-17-13(9-11(2)16-17)14(18)10-12-7-5-6-8-15(12)19-3/h5-9H,4,10H2,1-3H3. The van der Waals surface area contributed by atoms with Gasteiger partial charge in [-0.05, 0) is 26.0 Å². The molecule has 1 aromatic carbocycles. The fraction of sp³-hybridized carbons (Fsp3) is 0.333. The summed E-state index contributed by atoms with van der Waals surface area (Å²) < 4.78 is 7.01. The Kier molecular flexibility index (Phi) is 4.00. The summed E-state index contributed by atoms with van der Waals surface area (Å²) in [5.74, 6) is 0.807. The van der Waals surface area contributed by atoms with E-state index in [1.807, 2.05) is 44.2 Å². The molecule has 0 N–H and O–H groups in total. The van der Waals surface area contributed by atoms with Crippen molar-refractivity contribution in [2.24, 2.45) is 0 Å². The second kappa shape index (κ2) is 5.69. The minimum absolute atomic E-state index is 0.0620. The molecule has 0 aliphatic carbocycles. The number of hydrogen-bond donors (Lipinski definition) is 0. The molecule has 0 aliphatic heterocycles. The first-order valence-corrected chi connectivity index (χ1v) is 6.35. The van der Waals surface area contributed by atoms with E-state index in [-0.39, 0.29) is 5.78 Å². The molecular formula is C15H18N2O2. The maximum atomic E-state index is 12.4. The molecule has 0 atom stereocenters. The molecule has 0 aliphatic rings. The number of hydrogen-bond acceptors (Lipinski definition) is 3. The van der Waals surface area contributed by atoms with Crippen LogP contribution in [-0.4, -0.2) is 22.7 Å². The Morgan fingerprint density at radius 2 is 2.11 bits per heavy atom. The van der Waals surface area contributed by atoms with Gasteiger partial charge in [0.1, 0.15) is 11.4 Å². The van der Waals surface area contributed by atoms with E-state index in [9.17, 15) is 4.79 Å². The van der Waals surface area contributed by atoms with Gasteiger partial charge in [0.25, 0.3) is 0 Å². The zero-order valence-electron chi connectivity index (χ0n) is 11.5. The highest BCUT2D eigenvalue weighted by Crippen LogP contribution is 2.19. The lowest BCUT2D eigenvalue weighted by molar-refractivity contribution is 0.0982. The van der Waals surface area contributed by atoms with Gasteiger partial charge in [-0.2, -0.15) is 5.10 Å². The maximum Gasteiger partial charge on any atom is 0.185 e. The van der Waals surface area contributed by atoms with Crippen molar-refractivity contribution in [1.29, 1.82) is 0 Å². The van der Waals surface area contributed by atoms with Crippen LogP contribution >= 0.6 is 0 Å². The van der Waals surface area contributed by atoms with Crippen LogP contribution in [0.2, 0.25) is 0 Å². The third-order valence-electron chi connectivity index (χ3n) is 3.03. The Balaban J connectivity index is 2.25. The number of methoxy groups -OCH3 is 1. The number of ketones is 1. The van der Waals surface area contributed by atoms with Gasteiger partial charge >= 0.3 is 0 Å². The van der Waals surface area contributed by atoms with E-state index >= 15 is 0 Å². The third kappa shape index (κ3) is 2.84. The summed E-state index contributed by atoms with van der Waals surface area (Å²) in [6.45, 7) is 4.57. The number of carbonyl (C=O) groups is 1. The molecule has 0 amide bonds. The van der Waals surface area contributed by atoms with Crippen molar-refractivity contribution >= 4 is 5.78 Å². The molecule has 0 fully saturated rings. The van der Waals surface area contributed by atoms with Crippen molar-refractivity contribution in [3.05, 3.63) is 47.3 Å². The van der Waals surface area contributed by atoms with Crippen molar-refractivity contribution in [2.45, 2.75) is 26.8 Å². The van der Waals surface area contributed by atoms with Gasteiger partial charge < -0.3 is 4.74 Å². The largest absolute Gasteiger partial charge is 0.496 e. The van der Waals surface area contributed by atoms with Gasteiger partial charge in [-0.25, -0.2) is 0 Å². The molecule has 0 spiro atoms. The third-order valence-corrected chi connectivity index (χ3v) is 3.03. The predicted molar refractivity (Wildman–Crippen MR) is 73.7 cm³/mol. The first-order chi connectivity index (χ1) is 9.15. The van der Waals surface area contributed by atoms with Gasteiger partial charge in [-0.15, -0.1) is 0 Å². The summed E-state index contributed by atoms with van der Waals surface area (Å²) in [5, 5.41) is 4.30. The van der Waals surface area contributed by atoms with Crippen molar-refractivity contribution < 1.29 is 9.53 Å². The Morgan fingerprint density at radius 1 is 1.37 bits per heavy atom. The summed E-state index contributed by atoms with van der Waals surface area (Å²) in [5.41, 5.74) is 2.42. The summed E-state index contributed by atoms with van der Waals surface area (Å²) in [6.07, 6.45) is 0.329. The molecule has 0 bridgehead atoms. The molecule has 2 aromatic rings.